The van der Waals surface area contributed by atoms with Crippen LogP contribution in [-0.2, 0) is 14.3 Å². The SMILES string of the molecule is O=C(NC1(C(=O)NC2C=CC(C(=O)O)C2)CC1)OCC1c2ccccc2-c2ccccc21. The Morgan fingerprint density at radius 2 is 1.59 bits per heavy atom. The Morgan fingerprint density at radius 1 is 0.969 bits per heavy atom. The van der Waals surface area contributed by atoms with E-state index < -0.39 is 23.5 Å². The van der Waals surface area contributed by atoms with E-state index >= 15 is 0 Å². The summed E-state index contributed by atoms with van der Waals surface area (Å²) in [4.78, 5) is 36.4. The molecule has 7 nitrogen and oxygen atoms in total. The molecule has 0 aromatic heterocycles. The van der Waals surface area contributed by atoms with Crippen LogP contribution in [0.3, 0.4) is 0 Å². The quantitative estimate of drug-likeness (QED) is 0.608. The maximum Gasteiger partial charge on any atom is 0.408 e. The first-order valence-corrected chi connectivity index (χ1v) is 10.8. The lowest BCUT2D eigenvalue weighted by Gasteiger charge is -2.21. The fourth-order valence-corrected chi connectivity index (χ4v) is 4.66. The number of rotatable bonds is 6. The maximum absolute atomic E-state index is 12.7. The zero-order chi connectivity index (χ0) is 22.3. The van der Waals surface area contributed by atoms with Crippen LogP contribution in [0.25, 0.3) is 11.1 Å². The third-order valence-electron chi connectivity index (χ3n) is 6.59. The first-order chi connectivity index (χ1) is 15.5. The van der Waals surface area contributed by atoms with Gasteiger partial charge in [-0.15, -0.1) is 0 Å². The fraction of sp³-hybridized carbons (Fsp3) is 0.320. The van der Waals surface area contributed by atoms with E-state index in [0.717, 1.165) is 22.3 Å². The molecule has 7 heteroatoms. The molecule has 2 amide bonds. The number of hydrogen-bond donors (Lipinski definition) is 3. The van der Waals surface area contributed by atoms with Gasteiger partial charge >= 0.3 is 12.1 Å². The molecule has 2 atom stereocenters. The number of ether oxygens (including phenoxy) is 1. The third-order valence-corrected chi connectivity index (χ3v) is 6.59. The van der Waals surface area contributed by atoms with Crippen molar-refractivity contribution >= 4 is 18.0 Å². The van der Waals surface area contributed by atoms with E-state index in [-0.39, 0.29) is 24.5 Å². The number of carboxylic acid groups (broad SMARTS) is 1. The van der Waals surface area contributed by atoms with Crippen molar-refractivity contribution in [2.75, 3.05) is 6.61 Å². The summed E-state index contributed by atoms with van der Waals surface area (Å²) in [6.07, 6.45) is 4.04. The van der Waals surface area contributed by atoms with E-state index in [1.807, 2.05) is 24.3 Å². The van der Waals surface area contributed by atoms with Gasteiger partial charge in [0.1, 0.15) is 12.1 Å². The number of carbonyl (C=O) groups excluding carboxylic acids is 2. The molecule has 3 aliphatic carbocycles. The molecule has 1 saturated carbocycles. The molecular formula is C25H24N2O5. The molecule has 0 heterocycles. The first-order valence-electron chi connectivity index (χ1n) is 10.8. The smallest absolute Gasteiger partial charge is 0.408 e. The zero-order valence-electron chi connectivity index (χ0n) is 17.4. The summed E-state index contributed by atoms with van der Waals surface area (Å²) in [7, 11) is 0. The molecule has 5 rings (SSSR count). The highest BCUT2D eigenvalue weighted by atomic mass is 16.5. The lowest BCUT2D eigenvalue weighted by Crippen LogP contribution is -2.51. The average molecular weight is 432 g/mol. The van der Waals surface area contributed by atoms with E-state index in [0.29, 0.717) is 19.3 Å². The minimum absolute atomic E-state index is 0.0475. The van der Waals surface area contributed by atoms with Crippen molar-refractivity contribution in [2.45, 2.75) is 36.8 Å². The molecule has 1 fully saturated rings. The summed E-state index contributed by atoms with van der Waals surface area (Å²) in [6, 6.07) is 15.9. The van der Waals surface area contributed by atoms with Crippen LogP contribution in [0, 0.1) is 5.92 Å². The molecule has 2 aromatic rings. The second kappa shape index (κ2) is 7.82. The van der Waals surface area contributed by atoms with Crippen molar-refractivity contribution in [3.8, 4) is 11.1 Å². The monoisotopic (exact) mass is 432 g/mol. The summed E-state index contributed by atoms with van der Waals surface area (Å²) >= 11 is 0. The van der Waals surface area contributed by atoms with Gasteiger partial charge in [-0.1, -0.05) is 60.7 Å². The highest BCUT2D eigenvalue weighted by molar-refractivity contribution is 5.93. The van der Waals surface area contributed by atoms with Crippen LogP contribution in [0.5, 0.6) is 0 Å². The highest BCUT2D eigenvalue weighted by Gasteiger charge is 2.52. The maximum atomic E-state index is 12.7. The molecule has 0 bridgehead atoms. The number of amides is 2. The molecule has 0 aliphatic heterocycles. The van der Waals surface area contributed by atoms with Crippen molar-refractivity contribution in [2.24, 2.45) is 5.92 Å². The van der Waals surface area contributed by atoms with E-state index in [4.69, 9.17) is 9.84 Å². The predicted octanol–water partition coefficient (Wildman–Crippen LogP) is 3.20. The molecule has 32 heavy (non-hydrogen) atoms. The van der Waals surface area contributed by atoms with Gasteiger partial charge in [-0.3, -0.25) is 9.59 Å². The summed E-state index contributed by atoms with van der Waals surface area (Å²) in [5.41, 5.74) is 3.58. The van der Waals surface area contributed by atoms with E-state index in [1.54, 1.807) is 12.2 Å². The van der Waals surface area contributed by atoms with Crippen molar-refractivity contribution in [1.82, 2.24) is 10.6 Å². The topological polar surface area (TPSA) is 105 Å². The van der Waals surface area contributed by atoms with Crippen molar-refractivity contribution in [3.05, 3.63) is 71.8 Å². The fourth-order valence-electron chi connectivity index (χ4n) is 4.66. The van der Waals surface area contributed by atoms with Crippen LogP contribution in [0.1, 0.15) is 36.3 Å². The second-order valence-corrected chi connectivity index (χ2v) is 8.68. The third kappa shape index (κ3) is 3.64. The Labute approximate surface area is 185 Å². The molecule has 164 valence electrons. The van der Waals surface area contributed by atoms with Gasteiger partial charge in [0.15, 0.2) is 0 Å². The number of alkyl carbamates (subject to hydrolysis) is 1. The number of aliphatic carboxylic acids is 1. The predicted molar refractivity (Wildman–Crippen MR) is 117 cm³/mol. The van der Waals surface area contributed by atoms with Crippen LogP contribution in [0.2, 0.25) is 0 Å². The van der Waals surface area contributed by atoms with Gasteiger partial charge in [-0.05, 0) is 41.5 Å². The summed E-state index contributed by atoms with van der Waals surface area (Å²) in [6.45, 7) is 0.184. The van der Waals surface area contributed by atoms with Crippen LogP contribution in [-0.4, -0.2) is 41.3 Å². The molecule has 2 unspecified atom stereocenters. The Morgan fingerprint density at radius 3 is 2.16 bits per heavy atom. The van der Waals surface area contributed by atoms with E-state index in [1.165, 1.54) is 0 Å². The molecular weight excluding hydrogens is 408 g/mol. The summed E-state index contributed by atoms with van der Waals surface area (Å²) < 4.78 is 5.56. The van der Waals surface area contributed by atoms with Crippen LogP contribution in [0.15, 0.2) is 60.7 Å². The Bertz CT molecular complexity index is 1080. The summed E-state index contributed by atoms with van der Waals surface area (Å²) in [5.74, 6) is -1.85. The van der Waals surface area contributed by atoms with Gasteiger partial charge in [-0.2, -0.15) is 0 Å². The van der Waals surface area contributed by atoms with Gasteiger partial charge < -0.3 is 20.5 Å². The Balaban J connectivity index is 1.19. The van der Waals surface area contributed by atoms with Crippen molar-refractivity contribution in [1.29, 1.82) is 0 Å². The number of benzene rings is 2. The first kappa shape index (κ1) is 20.3. The standard InChI is InChI=1S/C25H24N2O5/c28-22(29)15-9-10-16(13-15)26-23(30)25(11-12-25)27-24(31)32-14-21-19-7-3-1-5-17(19)18-6-2-4-8-20(18)21/h1-10,15-16,21H,11-14H2,(H,26,30)(H,27,31)(H,28,29). The number of nitrogens with one attached hydrogen (secondary N) is 2. The molecule has 3 aliphatic rings. The molecule has 2 aromatic carbocycles. The summed E-state index contributed by atoms with van der Waals surface area (Å²) in [5, 5.41) is 14.7. The number of hydrogen-bond acceptors (Lipinski definition) is 4. The average Bonchev–Trinajstić information content (AvgIpc) is 3.29. The van der Waals surface area contributed by atoms with Crippen molar-refractivity contribution in [3.63, 3.8) is 0 Å². The number of carbonyl (C=O) groups is 3. The van der Waals surface area contributed by atoms with Gasteiger partial charge in [0.2, 0.25) is 5.91 Å². The van der Waals surface area contributed by atoms with Crippen LogP contribution in [0.4, 0.5) is 4.79 Å². The molecule has 0 saturated heterocycles. The lowest BCUT2D eigenvalue weighted by molar-refractivity contribution is -0.140. The molecule has 0 spiro atoms. The lowest BCUT2D eigenvalue weighted by atomic mass is 9.98. The number of fused-ring (bicyclic) bond motifs is 3. The minimum Gasteiger partial charge on any atom is -0.481 e. The van der Waals surface area contributed by atoms with E-state index in [9.17, 15) is 14.4 Å². The largest absolute Gasteiger partial charge is 0.481 e. The van der Waals surface area contributed by atoms with Crippen molar-refractivity contribution < 1.29 is 24.2 Å². The van der Waals surface area contributed by atoms with Gasteiger partial charge in [0, 0.05) is 12.0 Å². The van der Waals surface area contributed by atoms with Crippen LogP contribution < -0.4 is 10.6 Å². The van der Waals surface area contributed by atoms with Crippen LogP contribution >= 0.6 is 0 Å². The Kier molecular flexibility index (Phi) is 4.96. The number of carboxylic acids is 1. The van der Waals surface area contributed by atoms with Gasteiger partial charge in [0.05, 0.1) is 5.92 Å². The zero-order valence-corrected chi connectivity index (χ0v) is 17.4. The van der Waals surface area contributed by atoms with Gasteiger partial charge in [0.25, 0.3) is 0 Å². The Hall–Kier alpha value is -3.61. The molecule has 3 N–H and O–H groups in total. The second-order valence-electron chi connectivity index (χ2n) is 8.68. The highest BCUT2D eigenvalue weighted by Crippen LogP contribution is 2.44. The minimum atomic E-state index is -0.974. The van der Waals surface area contributed by atoms with Gasteiger partial charge in [-0.25, -0.2) is 4.79 Å². The normalized spacial score (nSPS) is 22.0. The van der Waals surface area contributed by atoms with E-state index in [2.05, 4.69) is 34.9 Å². The molecule has 0 radical (unpaired) electrons.